The second-order valence-corrected chi connectivity index (χ2v) is 5.41. The minimum absolute atomic E-state index is 0.129. The molecule has 0 aliphatic rings. The fourth-order valence-electron chi connectivity index (χ4n) is 1.62. The summed E-state index contributed by atoms with van der Waals surface area (Å²) in [6.07, 6.45) is 1.83. The van der Waals surface area contributed by atoms with Gasteiger partial charge in [0, 0.05) is 23.8 Å². The monoisotopic (exact) mass is 247 g/mol. The van der Waals surface area contributed by atoms with Gasteiger partial charge in [-0.3, -0.25) is 0 Å². The molecule has 2 rings (SSSR count). The van der Waals surface area contributed by atoms with Gasteiger partial charge >= 0.3 is 0 Å². The predicted octanol–water partition coefficient (Wildman–Crippen LogP) is 2.75. The summed E-state index contributed by atoms with van der Waals surface area (Å²) in [5.41, 5.74) is 7.74. The maximum Gasteiger partial charge on any atom is 0.112 e. The Kier molecular flexibility index (Phi) is 3.45. The number of rotatable bonds is 4. The third kappa shape index (κ3) is 2.84. The number of nitrogens with one attached hydrogen (secondary N) is 1. The second kappa shape index (κ2) is 4.85. The molecule has 0 spiro atoms. The van der Waals surface area contributed by atoms with Crippen molar-refractivity contribution in [3.05, 3.63) is 46.4 Å². The van der Waals surface area contributed by atoms with Gasteiger partial charge in [-0.2, -0.15) is 0 Å². The number of hydrogen-bond acceptors (Lipinski definition) is 4. The van der Waals surface area contributed by atoms with Gasteiger partial charge < -0.3 is 11.1 Å². The third-order valence-electron chi connectivity index (χ3n) is 2.74. The van der Waals surface area contributed by atoms with Crippen molar-refractivity contribution in [2.24, 2.45) is 0 Å². The van der Waals surface area contributed by atoms with Crippen LogP contribution in [-0.4, -0.2) is 4.98 Å². The van der Waals surface area contributed by atoms with Crippen molar-refractivity contribution in [3.63, 3.8) is 0 Å². The molecule has 0 saturated carbocycles. The zero-order valence-electron chi connectivity index (χ0n) is 10.1. The van der Waals surface area contributed by atoms with Gasteiger partial charge in [-0.05, 0) is 25.5 Å². The van der Waals surface area contributed by atoms with Crippen LogP contribution < -0.4 is 11.1 Å². The molecule has 17 heavy (non-hydrogen) atoms. The molecule has 0 fully saturated rings. The minimum atomic E-state index is -0.129. The fraction of sp³-hybridized carbons (Fsp3) is 0.308. The highest BCUT2D eigenvalue weighted by Gasteiger charge is 2.22. The van der Waals surface area contributed by atoms with E-state index in [0.717, 1.165) is 22.8 Å². The first-order valence-electron chi connectivity index (χ1n) is 5.58. The van der Waals surface area contributed by atoms with Crippen LogP contribution in [0.5, 0.6) is 0 Å². The van der Waals surface area contributed by atoms with Crippen LogP contribution in [0.2, 0.25) is 0 Å². The molecule has 1 aromatic carbocycles. The maximum atomic E-state index is 5.92. The Labute approximate surface area is 106 Å². The Morgan fingerprint density at radius 2 is 2.12 bits per heavy atom. The molecule has 1 heterocycles. The Morgan fingerprint density at radius 1 is 1.35 bits per heavy atom. The Morgan fingerprint density at radius 3 is 2.76 bits per heavy atom. The lowest BCUT2D eigenvalue weighted by Crippen LogP contribution is -2.36. The van der Waals surface area contributed by atoms with Crippen LogP contribution in [0.25, 0.3) is 0 Å². The van der Waals surface area contributed by atoms with Crippen LogP contribution in [0.15, 0.2) is 35.8 Å². The Hall–Kier alpha value is -1.39. The summed E-state index contributed by atoms with van der Waals surface area (Å²) in [4.78, 5) is 4.35. The highest BCUT2D eigenvalue weighted by Crippen LogP contribution is 2.23. The number of anilines is 1. The lowest BCUT2D eigenvalue weighted by Gasteiger charge is -2.24. The van der Waals surface area contributed by atoms with Crippen molar-refractivity contribution in [1.82, 2.24) is 10.3 Å². The highest BCUT2D eigenvalue weighted by molar-refractivity contribution is 7.09. The quantitative estimate of drug-likeness (QED) is 0.817. The topological polar surface area (TPSA) is 50.9 Å². The molecule has 1 aromatic heterocycles. The molecular formula is C13H17N3S. The summed E-state index contributed by atoms with van der Waals surface area (Å²) < 4.78 is 0. The van der Waals surface area contributed by atoms with Crippen LogP contribution in [0.3, 0.4) is 0 Å². The molecule has 0 saturated heterocycles. The molecule has 3 nitrogen and oxygen atoms in total. The number of benzene rings is 1. The normalized spacial score (nSPS) is 11.6. The number of aromatic nitrogens is 1. The molecule has 0 atom stereocenters. The highest BCUT2D eigenvalue weighted by atomic mass is 32.1. The van der Waals surface area contributed by atoms with E-state index in [-0.39, 0.29) is 5.54 Å². The molecule has 0 aliphatic heterocycles. The molecule has 0 aliphatic carbocycles. The van der Waals surface area contributed by atoms with Gasteiger partial charge in [0.15, 0.2) is 0 Å². The van der Waals surface area contributed by atoms with Crippen molar-refractivity contribution in [2.75, 3.05) is 5.73 Å². The molecule has 4 heteroatoms. The van der Waals surface area contributed by atoms with Crippen LogP contribution in [0, 0.1) is 0 Å². The SMILES string of the molecule is CC(C)(NCc1ccccc1N)c1nccs1. The molecule has 0 bridgehead atoms. The summed E-state index contributed by atoms with van der Waals surface area (Å²) in [6.45, 7) is 5.01. The minimum Gasteiger partial charge on any atom is -0.398 e. The fourth-order valence-corrected chi connectivity index (χ4v) is 2.36. The maximum absolute atomic E-state index is 5.92. The van der Waals surface area contributed by atoms with E-state index in [1.807, 2.05) is 35.8 Å². The van der Waals surface area contributed by atoms with E-state index < -0.39 is 0 Å². The first-order chi connectivity index (χ1) is 8.09. The van der Waals surface area contributed by atoms with E-state index in [0.29, 0.717) is 0 Å². The van der Waals surface area contributed by atoms with E-state index in [1.165, 1.54) is 0 Å². The van der Waals surface area contributed by atoms with Crippen molar-refractivity contribution in [2.45, 2.75) is 25.9 Å². The molecule has 0 radical (unpaired) electrons. The average molecular weight is 247 g/mol. The summed E-state index contributed by atoms with van der Waals surface area (Å²) in [5.74, 6) is 0. The van der Waals surface area contributed by atoms with Crippen LogP contribution in [-0.2, 0) is 12.1 Å². The van der Waals surface area contributed by atoms with E-state index in [4.69, 9.17) is 5.73 Å². The molecule has 2 aromatic rings. The average Bonchev–Trinajstić information content (AvgIpc) is 2.82. The third-order valence-corrected chi connectivity index (χ3v) is 3.84. The van der Waals surface area contributed by atoms with Crippen molar-refractivity contribution in [1.29, 1.82) is 0 Å². The number of nitrogen functional groups attached to an aromatic ring is 1. The molecule has 3 N–H and O–H groups in total. The molecule has 0 unspecified atom stereocenters. The van der Waals surface area contributed by atoms with E-state index in [1.54, 1.807) is 11.3 Å². The number of nitrogens with two attached hydrogens (primary N) is 1. The summed E-state index contributed by atoms with van der Waals surface area (Å²) in [7, 11) is 0. The number of para-hydroxylation sites is 1. The van der Waals surface area contributed by atoms with Crippen LogP contribution >= 0.6 is 11.3 Å². The van der Waals surface area contributed by atoms with Crippen LogP contribution in [0.1, 0.15) is 24.4 Å². The molecule has 90 valence electrons. The first-order valence-corrected chi connectivity index (χ1v) is 6.46. The van der Waals surface area contributed by atoms with Gasteiger partial charge in [0.05, 0.1) is 5.54 Å². The lowest BCUT2D eigenvalue weighted by molar-refractivity contribution is 0.400. The standard InChI is InChI=1S/C13H17N3S/c1-13(2,12-15-7-8-17-12)16-9-10-5-3-4-6-11(10)14/h3-8,16H,9,14H2,1-2H3. The zero-order chi connectivity index (χ0) is 12.3. The Balaban J connectivity index is 2.06. The van der Waals surface area contributed by atoms with Gasteiger partial charge in [0.25, 0.3) is 0 Å². The first kappa shape index (κ1) is 12.1. The lowest BCUT2D eigenvalue weighted by atomic mass is 10.1. The van der Waals surface area contributed by atoms with Gasteiger partial charge in [0.2, 0.25) is 0 Å². The van der Waals surface area contributed by atoms with Crippen molar-refractivity contribution >= 4 is 17.0 Å². The molecule has 0 amide bonds. The van der Waals surface area contributed by atoms with E-state index >= 15 is 0 Å². The van der Waals surface area contributed by atoms with Gasteiger partial charge in [0.1, 0.15) is 5.01 Å². The predicted molar refractivity (Wildman–Crippen MR) is 72.8 cm³/mol. The van der Waals surface area contributed by atoms with Crippen LogP contribution in [0.4, 0.5) is 5.69 Å². The smallest absolute Gasteiger partial charge is 0.112 e. The van der Waals surface area contributed by atoms with E-state index in [2.05, 4.69) is 24.1 Å². The zero-order valence-corrected chi connectivity index (χ0v) is 10.9. The number of nitrogens with zero attached hydrogens (tertiary/aromatic N) is 1. The molecular weight excluding hydrogens is 230 g/mol. The number of hydrogen-bond donors (Lipinski definition) is 2. The largest absolute Gasteiger partial charge is 0.398 e. The van der Waals surface area contributed by atoms with Gasteiger partial charge in [-0.25, -0.2) is 4.98 Å². The van der Waals surface area contributed by atoms with Crippen molar-refractivity contribution < 1.29 is 0 Å². The summed E-state index contributed by atoms with van der Waals surface area (Å²) in [6, 6.07) is 7.92. The number of thiazole rings is 1. The Bertz CT molecular complexity index is 477. The van der Waals surface area contributed by atoms with Gasteiger partial charge in [-0.1, -0.05) is 18.2 Å². The second-order valence-electron chi connectivity index (χ2n) is 4.51. The summed E-state index contributed by atoms with van der Waals surface area (Å²) >= 11 is 1.66. The van der Waals surface area contributed by atoms with E-state index in [9.17, 15) is 0 Å². The summed E-state index contributed by atoms with van der Waals surface area (Å²) in [5, 5.41) is 6.57. The van der Waals surface area contributed by atoms with Gasteiger partial charge in [-0.15, -0.1) is 11.3 Å². The van der Waals surface area contributed by atoms with Crippen molar-refractivity contribution in [3.8, 4) is 0 Å².